The van der Waals surface area contributed by atoms with Crippen molar-refractivity contribution in [2.75, 3.05) is 6.54 Å². The molecule has 0 heterocycles. The third-order valence-electron chi connectivity index (χ3n) is 2.29. The van der Waals surface area contributed by atoms with Crippen molar-refractivity contribution in [2.45, 2.75) is 25.3 Å². The van der Waals surface area contributed by atoms with Crippen LogP contribution in [0.25, 0.3) is 0 Å². The van der Waals surface area contributed by atoms with Crippen molar-refractivity contribution in [1.82, 2.24) is 5.32 Å². The fourth-order valence-electron chi connectivity index (χ4n) is 1.46. The van der Waals surface area contributed by atoms with Crippen molar-refractivity contribution < 1.29 is 17.6 Å². The number of hydrogen-bond acceptors (Lipinski definition) is 1. The molecule has 0 amide bonds. The normalized spacial score (nSPS) is 14.1. The van der Waals surface area contributed by atoms with E-state index in [2.05, 4.69) is 21.2 Å². The molecular weight excluding hydrogens is 302 g/mol. The molecule has 0 aliphatic carbocycles. The summed E-state index contributed by atoms with van der Waals surface area (Å²) < 4.78 is 52.1. The third-order valence-corrected chi connectivity index (χ3v) is 2.82. The highest BCUT2D eigenvalue weighted by atomic mass is 79.9. The minimum atomic E-state index is -4.09. The molecule has 6 heteroatoms. The lowest BCUT2D eigenvalue weighted by Crippen LogP contribution is -2.42. The molecule has 17 heavy (non-hydrogen) atoms. The SMILES string of the molecule is CCNC(c1ccc(Br)cc1)C(F)(F)C(F)F. The average Bonchev–Trinajstić information content (AvgIpc) is 2.27. The maximum atomic E-state index is 13.4. The van der Waals surface area contributed by atoms with E-state index in [-0.39, 0.29) is 12.1 Å². The molecule has 0 saturated heterocycles. The fraction of sp³-hybridized carbons (Fsp3) is 0.455. The minimum absolute atomic E-state index is 0.139. The third kappa shape index (κ3) is 3.42. The zero-order chi connectivity index (χ0) is 13.1. The van der Waals surface area contributed by atoms with Crippen molar-refractivity contribution in [2.24, 2.45) is 0 Å². The van der Waals surface area contributed by atoms with Gasteiger partial charge in [0.05, 0.1) is 0 Å². The lowest BCUT2D eigenvalue weighted by molar-refractivity contribution is -0.151. The summed E-state index contributed by atoms with van der Waals surface area (Å²) in [5.74, 6) is -4.09. The molecule has 0 aliphatic rings. The van der Waals surface area contributed by atoms with E-state index in [4.69, 9.17) is 0 Å². The highest BCUT2D eigenvalue weighted by Gasteiger charge is 2.49. The van der Waals surface area contributed by atoms with Gasteiger partial charge in [0, 0.05) is 4.47 Å². The number of alkyl halides is 4. The van der Waals surface area contributed by atoms with Crippen LogP contribution in [-0.2, 0) is 0 Å². The standard InChI is InChI=1S/C11H12BrF4N/c1-2-17-9(11(15,16)10(13)14)7-3-5-8(12)6-4-7/h3-6,9-10,17H,2H2,1H3. The van der Waals surface area contributed by atoms with Crippen LogP contribution < -0.4 is 5.32 Å². The van der Waals surface area contributed by atoms with Crippen LogP contribution in [0, 0.1) is 0 Å². The highest BCUT2D eigenvalue weighted by molar-refractivity contribution is 9.10. The van der Waals surface area contributed by atoms with E-state index >= 15 is 0 Å². The van der Waals surface area contributed by atoms with Gasteiger partial charge < -0.3 is 5.32 Å². The van der Waals surface area contributed by atoms with Crippen LogP contribution >= 0.6 is 15.9 Å². The molecule has 0 saturated carbocycles. The Morgan fingerprint density at radius 3 is 2.18 bits per heavy atom. The molecule has 1 aromatic rings. The van der Waals surface area contributed by atoms with E-state index < -0.39 is 18.4 Å². The molecule has 1 rings (SSSR count). The van der Waals surface area contributed by atoms with E-state index in [1.54, 1.807) is 19.1 Å². The van der Waals surface area contributed by atoms with E-state index in [9.17, 15) is 17.6 Å². The molecule has 1 N–H and O–H groups in total. The van der Waals surface area contributed by atoms with Gasteiger partial charge >= 0.3 is 12.3 Å². The first kappa shape index (κ1) is 14.4. The van der Waals surface area contributed by atoms with Gasteiger partial charge in [0.15, 0.2) is 0 Å². The van der Waals surface area contributed by atoms with E-state index in [1.165, 1.54) is 12.1 Å². The van der Waals surface area contributed by atoms with E-state index in [0.717, 1.165) is 0 Å². The van der Waals surface area contributed by atoms with Crippen LogP contribution in [0.15, 0.2) is 28.7 Å². The summed E-state index contributed by atoms with van der Waals surface area (Å²) in [6.07, 6.45) is -3.70. The van der Waals surface area contributed by atoms with Gasteiger partial charge in [-0.25, -0.2) is 8.78 Å². The van der Waals surface area contributed by atoms with Gasteiger partial charge in [0.25, 0.3) is 0 Å². The molecule has 1 atom stereocenters. The van der Waals surface area contributed by atoms with Gasteiger partial charge in [0.1, 0.15) is 6.04 Å². The van der Waals surface area contributed by atoms with Crippen molar-refractivity contribution in [3.63, 3.8) is 0 Å². The minimum Gasteiger partial charge on any atom is -0.305 e. The Labute approximate surface area is 105 Å². The van der Waals surface area contributed by atoms with E-state index in [1.807, 2.05) is 0 Å². The average molecular weight is 314 g/mol. The second kappa shape index (κ2) is 5.82. The van der Waals surface area contributed by atoms with Crippen LogP contribution in [0.3, 0.4) is 0 Å². The monoisotopic (exact) mass is 313 g/mol. The summed E-state index contributed by atoms with van der Waals surface area (Å²) in [5.41, 5.74) is 0.139. The predicted octanol–water partition coefficient (Wildman–Crippen LogP) is 4.00. The number of benzene rings is 1. The van der Waals surface area contributed by atoms with Gasteiger partial charge in [-0.05, 0) is 24.2 Å². The van der Waals surface area contributed by atoms with Crippen LogP contribution in [0.5, 0.6) is 0 Å². The lowest BCUT2D eigenvalue weighted by atomic mass is 10.0. The number of hydrogen-bond donors (Lipinski definition) is 1. The Kier molecular flexibility index (Phi) is 4.94. The molecule has 0 aromatic heterocycles. The number of nitrogens with one attached hydrogen (secondary N) is 1. The predicted molar refractivity (Wildman–Crippen MR) is 61.5 cm³/mol. The molecule has 1 unspecified atom stereocenters. The molecule has 96 valence electrons. The number of rotatable bonds is 5. The zero-order valence-electron chi connectivity index (χ0n) is 9.06. The molecule has 0 spiro atoms. The summed E-state index contributed by atoms with van der Waals surface area (Å²) in [5, 5.41) is 2.39. The second-order valence-corrected chi connectivity index (χ2v) is 4.43. The second-order valence-electron chi connectivity index (χ2n) is 3.52. The van der Waals surface area contributed by atoms with Gasteiger partial charge in [0.2, 0.25) is 0 Å². The zero-order valence-corrected chi connectivity index (χ0v) is 10.6. The highest BCUT2D eigenvalue weighted by Crippen LogP contribution is 2.36. The topological polar surface area (TPSA) is 12.0 Å². The first-order valence-electron chi connectivity index (χ1n) is 5.04. The molecule has 1 aromatic carbocycles. The quantitative estimate of drug-likeness (QED) is 0.810. The van der Waals surface area contributed by atoms with Gasteiger partial charge in [-0.3, -0.25) is 0 Å². The van der Waals surface area contributed by atoms with Crippen molar-refractivity contribution in [3.05, 3.63) is 34.3 Å². The van der Waals surface area contributed by atoms with Crippen molar-refractivity contribution in [3.8, 4) is 0 Å². The summed E-state index contributed by atoms with van der Waals surface area (Å²) in [7, 11) is 0. The lowest BCUT2D eigenvalue weighted by Gasteiger charge is -2.27. The summed E-state index contributed by atoms with van der Waals surface area (Å²) in [6.45, 7) is 1.77. The molecule has 0 aliphatic heterocycles. The maximum Gasteiger partial charge on any atom is 0.326 e. The maximum absolute atomic E-state index is 13.4. The largest absolute Gasteiger partial charge is 0.326 e. The van der Waals surface area contributed by atoms with Gasteiger partial charge in [-0.1, -0.05) is 35.0 Å². The Balaban J connectivity index is 3.04. The van der Waals surface area contributed by atoms with Crippen LogP contribution in [0.1, 0.15) is 18.5 Å². The Bertz CT molecular complexity index is 353. The summed E-state index contributed by atoms with van der Waals surface area (Å²) in [4.78, 5) is 0. The Morgan fingerprint density at radius 2 is 1.76 bits per heavy atom. The number of halogens is 5. The Morgan fingerprint density at radius 1 is 1.24 bits per heavy atom. The Hall–Kier alpha value is -0.620. The molecule has 0 radical (unpaired) electrons. The smallest absolute Gasteiger partial charge is 0.305 e. The fourth-order valence-corrected chi connectivity index (χ4v) is 1.73. The summed E-state index contributed by atoms with van der Waals surface area (Å²) in [6, 6.07) is 4.20. The van der Waals surface area contributed by atoms with Crippen LogP contribution in [0.2, 0.25) is 0 Å². The molecule has 1 nitrogen and oxygen atoms in total. The van der Waals surface area contributed by atoms with Crippen LogP contribution in [0.4, 0.5) is 17.6 Å². The van der Waals surface area contributed by atoms with Crippen molar-refractivity contribution >= 4 is 15.9 Å². The molecule has 0 fully saturated rings. The molecule has 0 bridgehead atoms. The first-order chi connectivity index (χ1) is 7.89. The van der Waals surface area contributed by atoms with Crippen molar-refractivity contribution in [1.29, 1.82) is 0 Å². The molecular formula is C11H12BrF4N. The van der Waals surface area contributed by atoms with Gasteiger partial charge in [-0.2, -0.15) is 8.78 Å². The van der Waals surface area contributed by atoms with Crippen LogP contribution in [-0.4, -0.2) is 18.9 Å². The summed E-state index contributed by atoms with van der Waals surface area (Å²) >= 11 is 3.16. The first-order valence-corrected chi connectivity index (χ1v) is 5.83. The van der Waals surface area contributed by atoms with E-state index in [0.29, 0.717) is 4.47 Å². The van der Waals surface area contributed by atoms with Gasteiger partial charge in [-0.15, -0.1) is 0 Å².